The van der Waals surface area contributed by atoms with E-state index in [1.807, 2.05) is 31.2 Å². The highest BCUT2D eigenvalue weighted by molar-refractivity contribution is 6.31. The third-order valence-corrected chi connectivity index (χ3v) is 6.98. The number of aromatic nitrogens is 2. The minimum absolute atomic E-state index is 0.0519. The highest BCUT2D eigenvalue weighted by atomic mass is 35.5. The Balaban J connectivity index is 1.62. The van der Waals surface area contributed by atoms with E-state index in [1.54, 1.807) is 24.3 Å². The maximum atomic E-state index is 14.1. The SMILES string of the molecule is CC/C(=C\C=C(/C)F)C[C@]1(c2nc3ccc(Cl)cc3[nH]2)OC(=O)N([C@@H]2CCc3ccccc32)C1=O. The first-order chi connectivity index (χ1) is 16.8. The Morgan fingerprint density at radius 1 is 1.29 bits per heavy atom. The van der Waals surface area contributed by atoms with Crippen molar-refractivity contribution in [3.8, 4) is 0 Å². The molecule has 180 valence electrons. The molecule has 1 aliphatic heterocycles. The highest BCUT2D eigenvalue weighted by Gasteiger charge is 2.59. The zero-order valence-corrected chi connectivity index (χ0v) is 20.2. The third-order valence-electron chi connectivity index (χ3n) is 6.74. The highest BCUT2D eigenvalue weighted by Crippen LogP contribution is 2.46. The molecule has 8 heteroatoms. The minimum atomic E-state index is -1.69. The standard InChI is InChI=1S/C27H25ClFN3O3/c1-3-17(9-8-16(2)29)15-27(24-30-21-12-11-19(28)14-22(21)31-24)25(33)32(26(34)35-27)23-13-10-18-6-4-5-7-20(18)23/h4-9,11-12,14,23H,3,10,13,15H2,1-2H3,(H,30,31)/b16-8+,17-9+/t23-,27-/m1/s1. The quantitative estimate of drug-likeness (QED) is 0.389. The van der Waals surface area contributed by atoms with Crippen LogP contribution in [0.1, 0.15) is 56.1 Å². The topological polar surface area (TPSA) is 75.3 Å². The first-order valence-corrected chi connectivity index (χ1v) is 12.0. The van der Waals surface area contributed by atoms with Gasteiger partial charge in [-0.05, 0) is 61.6 Å². The maximum absolute atomic E-state index is 14.1. The lowest BCUT2D eigenvalue weighted by atomic mass is 9.90. The molecular formula is C27H25ClFN3O3. The number of aromatic amines is 1. The van der Waals surface area contributed by atoms with E-state index in [2.05, 4.69) is 9.97 Å². The van der Waals surface area contributed by atoms with E-state index in [4.69, 9.17) is 16.3 Å². The number of H-pyrrole nitrogens is 1. The number of aryl methyl sites for hydroxylation is 1. The number of carbonyl (C=O) groups excluding carboxylic acids is 2. The fraction of sp³-hybridized carbons (Fsp3) is 0.296. The van der Waals surface area contributed by atoms with Gasteiger partial charge < -0.3 is 9.72 Å². The Morgan fingerprint density at radius 2 is 2.09 bits per heavy atom. The Kier molecular flexibility index (Phi) is 5.97. The van der Waals surface area contributed by atoms with Gasteiger partial charge >= 0.3 is 6.09 Å². The minimum Gasteiger partial charge on any atom is -0.424 e. The van der Waals surface area contributed by atoms with Crippen molar-refractivity contribution in [3.05, 3.63) is 88.0 Å². The summed E-state index contributed by atoms with van der Waals surface area (Å²) in [6, 6.07) is 12.6. The van der Waals surface area contributed by atoms with E-state index >= 15 is 0 Å². The molecule has 6 nitrogen and oxygen atoms in total. The molecule has 0 spiro atoms. The molecule has 0 saturated carbocycles. The lowest BCUT2D eigenvalue weighted by molar-refractivity contribution is -0.139. The van der Waals surface area contributed by atoms with Crippen LogP contribution in [-0.2, 0) is 21.6 Å². The summed E-state index contributed by atoms with van der Waals surface area (Å²) < 4.78 is 19.4. The van der Waals surface area contributed by atoms with Crippen LogP contribution in [0, 0.1) is 0 Å². The number of allylic oxidation sites excluding steroid dienone is 3. The van der Waals surface area contributed by atoms with Crippen molar-refractivity contribution in [2.45, 2.75) is 51.2 Å². The molecule has 0 radical (unpaired) electrons. The van der Waals surface area contributed by atoms with Crippen molar-refractivity contribution in [3.63, 3.8) is 0 Å². The number of hydrogen-bond acceptors (Lipinski definition) is 4. The lowest BCUT2D eigenvalue weighted by Gasteiger charge is -2.25. The summed E-state index contributed by atoms with van der Waals surface area (Å²) in [7, 11) is 0. The van der Waals surface area contributed by atoms with Crippen LogP contribution in [0.2, 0.25) is 5.02 Å². The van der Waals surface area contributed by atoms with Gasteiger partial charge in [0, 0.05) is 11.4 Å². The molecule has 1 aliphatic carbocycles. The number of rotatable bonds is 6. The van der Waals surface area contributed by atoms with Crippen molar-refractivity contribution in [2.75, 3.05) is 0 Å². The summed E-state index contributed by atoms with van der Waals surface area (Å²) in [6.45, 7) is 3.26. The Morgan fingerprint density at radius 3 is 2.86 bits per heavy atom. The van der Waals surface area contributed by atoms with Crippen LogP contribution in [0.4, 0.5) is 9.18 Å². The van der Waals surface area contributed by atoms with E-state index in [1.165, 1.54) is 17.9 Å². The van der Waals surface area contributed by atoms with Crippen LogP contribution in [0.3, 0.4) is 0 Å². The molecule has 2 amide bonds. The molecule has 3 aromatic rings. The summed E-state index contributed by atoms with van der Waals surface area (Å²) >= 11 is 6.15. The summed E-state index contributed by atoms with van der Waals surface area (Å²) in [5.41, 5.74) is 2.34. The Bertz CT molecular complexity index is 1390. The number of carbonyl (C=O) groups is 2. The zero-order valence-electron chi connectivity index (χ0n) is 19.5. The fourth-order valence-electron chi connectivity index (χ4n) is 4.96. The Labute approximate surface area is 207 Å². The predicted octanol–water partition coefficient (Wildman–Crippen LogP) is 6.68. The molecule has 35 heavy (non-hydrogen) atoms. The van der Waals surface area contributed by atoms with Crippen LogP contribution >= 0.6 is 11.6 Å². The summed E-state index contributed by atoms with van der Waals surface area (Å²) in [4.78, 5) is 36.5. The largest absolute Gasteiger partial charge is 0.424 e. The predicted molar refractivity (Wildman–Crippen MR) is 131 cm³/mol. The van der Waals surface area contributed by atoms with E-state index < -0.39 is 23.6 Å². The molecule has 2 heterocycles. The molecular weight excluding hydrogens is 469 g/mol. The number of hydrogen-bond donors (Lipinski definition) is 1. The molecule has 1 aromatic heterocycles. The molecule has 1 saturated heterocycles. The van der Waals surface area contributed by atoms with Gasteiger partial charge in [-0.2, -0.15) is 0 Å². The van der Waals surface area contributed by atoms with E-state index in [0.29, 0.717) is 28.9 Å². The van der Waals surface area contributed by atoms with Gasteiger partial charge in [0.15, 0.2) is 5.82 Å². The fourth-order valence-corrected chi connectivity index (χ4v) is 5.14. The van der Waals surface area contributed by atoms with Crippen molar-refractivity contribution >= 4 is 34.6 Å². The average molecular weight is 494 g/mol. The number of imide groups is 1. The van der Waals surface area contributed by atoms with Crippen LogP contribution in [0.25, 0.3) is 11.0 Å². The number of benzene rings is 2. The zero-order chi connectivity index (χ0) is 24.7. The van der Waals surface area contributed by atoms with Crippen LogP contribution in [-0.4, -0.2) is 26.9 Å². The second-order valence-corrected chi connectivity index (χ2v) is 9.42. The molecule has 2 atom stereocenters. The van der Waals surface area contributed by atoms with Gasteiger partial charge in [-0.1, -0.05) is 54.4 Å². The molecule has 5 rings (SSSR count). The second-order valence-electron chi connectivity index (χ2n) is 8.98. The van der Waals surface area contributed by atoms with Gasteiger partial charge in [0.05, 0.1) is 22.9 Å². The first kappa shape index (κ1) is 23.3. The molecule has 2 aromatic carbocycles. The number of halogens is 2. The van der Waals surface area contributed by atoms with Crippen LogP contribution < -0.4 is 0 Å². The second kappa shape index (κ2) is 8.96. The molecule has 0 unspecified atom stereocenters. The van der Waals surface area contributed by atoms with Crippen LogP contribution in [0.15, 0.2) is 66.0 Å². The van der Waals surface area contributed by atoms with E-state index in [0.717, 1.165) is 23.1 Å². The number of nitrogens with one attached hydrogen (secondary N) is 1. The number of cyclic esters (lactones) is 1. The van der Waals surface area contributed by atoms with Crippen molar-refractivity contribution < 1.29 is 18.7 Å². The van der Waals surface area contributed by atoms with Gasteiger partial charge in [-0.25, -0.2) is 19.1 Å². The van der Waals surface area contributed by atoms with Crippen molar-refractivity contribution in [1.82, 2.24) is 14.9 Å². The van der Waals surface area contributed by atoms with Gasteiger partial charge in [-0.15, -0.1) is 0 Å². The number of nitrogens with zero attached hydrogens (tertiary/aromatic N) is 2. The number of ether oxygens (including phenoxy) is 1. The van der Waals surface area contributed by atoms with Crippen LogP contribution in [0.5, 0.6) is 0 Å². The van der Waals surface area contributed by atoms with Gasteiger partial charge in [0.2, 0.25) is 0 Å². The van der Waals surface area contributed by atoms with Crippen molar-refractivity contribution in [2.24, 2.45) is 0 Å². The summed E-state index contributed by atoms with van der Waals surface area (Å²) in [5.74, 6) is -0.612. The molecule has 0 bridgehead atoms. The normalized spacial score (nSPS) is 22.7. The van der Waals surface area contributed by atoms with Crippen molar-refractivity contribution in [1.29, 1.82) is 0 Å². The smallest absolute Gasteiger partial charge is 0.418 e. The first-order valence-electron chi connectivity index (χ1n) is 11.6. The molecule has 1 N–H and O–H groups in total. The monoisotopic (exact) mass is 493 g/mol. The van der Waals surface area contributed by atoms with E-state index in [9.17, 15) is 14.0 Å². The number of fused-ring (bicyclic) bond motifs is 2. The average Bonchev–Trinajstić information content (AvgIpc) is 3.51. The number of amides is 2. The third kappa shape index (κ3) is 4.04. The summed E-state index contributed by atoms with van der Waals surface area (Å²) in [6.07, 6.45) is 4.26. The molecule has 1 fully saturated rings. The van der Waals surface area contributed by atoms with E-state index in [-0.39, 0.29) is 18.1 Å². The van der Waals surface area contributed by atoms with Gasteiger partial charge in [0.25, 0.3) is 11.5 Å². The Hall–Kier alpha value is -3.45. The molecule has 2 aliphatic rings. The summed E-state index contributed by atoms with van der Waals surface area (Å²) in [5, 5.41) is 0.512. The van der Waals surface area contributed by atoms with Gasteiger partial charge in [-0.3, -0.25) is 4.79 Å². The van der Waals surface area contributed by atoms with Gasteiger partial charge in [0.1, 0.15) is 0 Å². The number of imidazole rings is 1. The lowest BCUT2D eigenvalue weighted by Crippen LogP contribution is -2.41. The maximum Gasteiger partial charge on any atom is 0.418 e.